The molecule has 0 aromatic heterocycles. The van der Waals surface area contributed by atoms with Crippen molar-refractivity contribution in [2.45, 2.75) is 82.4 Å². The first-order valence-electron chi connectivity index (χ1n) is 11.0. The van der Waals surface area contributed by atoms with Gasteiger partial charge in [0.2, 0.25) is 0 Å². The molecule has 0 fully saturated rings. The van der Waals surface area contributed by atoms with E-state index in [1.54, 1.807) is 18.2 Å². The van der Waals surface area contributed by atoms with E-state index in [0.29, 0.717) is 0 Å². The lowest BCUT2D eigenvalue weighted by Gasteiger charge is -2.12. The van der Waals surface area contributed by atoms with Gasteiger partial charge in [-0.2, -0.15) is 8.42 Å². The van der Waals surface area contributed by atoms with Crippen LogP contribution in [0.4, 0.5) is 0 Å². The molecule has 2 rings (SSSR count). The minimum absolute atomic E-state index is 0.00850. The number of phenols is 1. The quantitative estimate of drug-likeness (QED) is 0.250. The summed E-state index contributed by atoms with van der Waals surface area (Å²) in [4.78, 5) is -0.282. The van der Waals surface area contributed by atoms with Crippen LogP contribution in [-0.4, -0.2) is 18.1 Å². The van der Waals surface area contributed by atoms with E-state index in [0.717, 1.165) is 24.8 Å². The van der Waals surface area contributed by atoms with E-state index in [-0.39, 0.29) is 22.1 Å². The molecule has 0 aliphatic rings. The highest BCUT2D eigenvalue weighted by Gasteiger charge is 2.19. The Morgan fingerprint density at radius 2 is 1.40 bits per heavy atom. The number of hydrogen-bond donors (Lipinski definition) is 2. The third-order valence-corrected chi connectivity index (χ3v) is 6.07. The first-order chi connectivity index (χ1) is 14.4. The molecule has 0 amide bonds. The Morgan fingerprint density at radius 3 is 2.00 bits per heavy atom. The van der Waals surface area contributed by atoms with Crippen LogP contribution in [0.25, 0.3) is 0 Å². The average Bonchev–Trinajstić information content (AvgIpc) is 2.71. The van der Waals surface area contributed by atoms with Crippen LogP contribution in [0.2, 0.25) is 0 Å². The summed E-state index contributed by atoms with van der Waals surface area (Å²) in [6.45, 7) is 2.23. The number of ether oxygens (including phenoxy) is 1. The van der Waals surface area contributed by atoms with Crippen molar-refractivity contribution >= 4 is 10.1 Å². The van der Waals surface area contributed by atoms with Crippen LogP contribution in [0.15, 0.2) is 47.4 Å². The summed E-state index contributed by atoms with van der Waals surface area (Å²) in [6, 6.07) is 11.1. The second-order valence-corrected chi connectivity index (χ2v) is 9.15. The summed E-state index contributed by atoms with van der Waals surface area (Å²) >= 11 is 0. The number of aromatic hydroxyl groups is 1. The van der Waals surface area contributed by atoms with E-state index in [9.17, 15) is 18.1 Å². The smallest absolute Gasteiger partial charge is 0.298 e. The molecule has 0 saturated carbocycles. The van der Waals surface area contributed by atoms with Crippen molar-refractivity contribution in [2.75, 3.05) is 0 Å². The van der Waals surface area contributed by atoms with Crippen LogP contribution in [0.3, 0.4) is 0 Å². The minimum atomic E-state index is -4.45. The molecule has 0 aliphatic carbocycles. The van der Waals surface area contributed by atoms with Crippen molar-refractivity contribution in [1.29, 1.82) is 0 Å². The molecule has 0 spiro atoms. The maximum atomic E-state index is 11.8. The molecule has 0 radical (unpaired) electrons. The van der Waals surface area contributed by atoms with Gasteiger partial charge in [-0.25, -0.2) is 0 Å². The highest BCUT2D eigenvalue weighted by molar-refractivity contribution is 7.86. The first kappa shape index (κ1) is 24.2. The Bertz CT molecular complexity index is 877. The summed E-state index contributed by atoms with van der Waals surface area (Å²) in [5, 5.41) is 9.84. The molecule has 2 aromatic rings. The molecule has 0 heterocycles. The Hall–Kier alpha value is -2.05. The van der Waals surface area contributed by atoms with Gasteiger partial charge in [0, 0.05) is 0 Å². The third kappa shape index (κ3) is 8.36. The fourth-order valence-electron chi connectivity index (χ4n) is 3.47. The SMILES string of the molecule is CCCCCCCCCCCCc1ccc(Oc2ccccc2O)c(S(=O)(=O)O)c1. The van der Waals surface area contributed by atoms with Crippen LogP contribution in [0.1, 0.15) is 76.7 Å². The van der Waals surface area contributed by atoms with Crippen LogP contribution in [-0.2, 0) is 16.5 Å². The second-order valence-electron chi connectivity index (χ2n) is 7.76. The number of phenolic OH excluding ortho intramolecular Hbond substituents is 1. The number of para-hydroxylation sites is 2. The molecule has 5 nitrogen and oxygen atoms in total. The van der Waals surface area contributed by atoms with Crippen molar-refractivity contribution in [1.82, 2.24) is 0 Å². The van der Waals surface area contributed by atoms with Crippen molar-refractivity contribution in [3.05, 3.63) is 48.0 Å². The molecular weight excluding hydrogens is 400 g/mol. The lowest BCUT2D eigenvalue weighted by atomic mass is 10.0. The van der Waals surface area contributed by atoms with Gasteiger partial charge in [-0.15, -0.1) is 0 Å². The molecule has 0 saturated heterocycles. The second kappa shape index (κ2) is 12.6. The van der Waals surface area contributed by atoms with E-state index < -0.39 is 10.1 Å². The first-order valence-corrected chi connectivity index (χ1v) is 12.4. The molecular formula is C24H34O5S. The summed E-state index contributed by atoms with van der Waals surface area (Å²) in [6.07, 6.45) is 13.2. The van der Waals surface area contributed by atoms with Gasteiger partial charge in [0.1, 0.15) is 10.6 Å². The van der Waals surface area contributed by atoms with Gasteiger partial charge >= 0.3 is 0 Å². The van der Waals surface area contributed by atoms with Crippen LogP contribution >= 0.6 is 0 Å². The van der Waals surface area contributed by atoms with Crippen molar-refractivity contribution in [3.8, 4) is 17.2 Å². The molecule has 0 atom stereocenters. The zero-order chi connectivity index (χ0) is 21.8. The normalized spacial score (nSPS) is 11.5. The van der Waals surface area contributed by atoms with Crippen LogP contribution in [0, 0.1) is 0 Å². The Balaban J connectivity index is 1.86. The van der Waals surface area contributed by atoms with Crippen LogP contribution in [0.5, 0.6) is 17.2 Å². The Kier molecular flexibility index (Phi) is 10.2. The molecule has 0 unspecified atom stereocenters. The van der Waals surface area contributed by atoms with Gasteiger partial charge in [-0.05, 0) is 42.7 Å². The van der Waals surface area contributed by atoms with Crippen molar-refractivity contribution in [2.24, 2.45) is 0 Å². The van der Waals surface area contributed by atoms with Gasteiger partial charge in [0.15, 0.2) is 11.5 Å². The molecule has 30 heavy (non-hydrogen) atoms. The summed E-state index contributed by atoms with van der Waals surface area (Å²) in [7, 11) is -4.45. The van der Waals surface area contributed by atoms with E-state index in [4.69, 9.17) is 4.74 Å². The third-order valence-electron chi connectivity index (χ3n) is 5.19. The largest absolute Gasteiger partial charge is 0.504 e. The summed E-state index contributed by atoms with van der Waals surface area (Å²) in [5.74, 6) is 0.0175. The average molecular weight is 435 g/mol. The number of unbranched alkanes of at least 4 members (excludes halogenated alkanes) is 9. The molecule has 2 aromatic carbocycles. The predicted octanol–water partition coefficient (Wildman–Crippen LogP) is 6.89. The van der Waals surface area contributed by atoms with E-state index in [2.05, 4.69) is 6.92 Å². The molecule has 166 valence electrons. The lowest BCUT2D eigenvalue weighted by Crippen LogP contribution is -2.02. The van der Waals surface area contributed by atoms with Crippen molar-refractivity contribution in [3.63, 3.8) is 0 Å². The predicted molar refractivity (Wildman–Crippen MR) is 120 cm³/mol. The zero-order valence-electron chi connectivity index (χ0n) is 17.8. The van der Waals surface area contributed by atoms with Crippen molar-refractivity contribution < 1.29 is 22.8 Å². The van der Waals surface area contributed by atoms with Crippen LogP contribution < -0.4 is 4.74 Å². The fraction of sp³-hybridized carbons (Fsp3) is 0.500. The van der Waals surface area contributed by atoms with E-state index in [1.165, 1.54) is 75.6 Å². The zero-order valence-corrected chi connectivity index (χ0v) is 18.7. The highest BCUT2D eigenvalue weighted by atomic mass is 32.2. The molecule has 2 N–H and O–H groups in total. The molecule has 0 bridgehead atoms. The van der Waals surface area contributed by atoms with E-state index in [1.807, 2.05) is 0 Å². The fourth-order valence-corrected chi connectivity index (χ4v) is 4.14. The minimum Gasteiger partial charge on any atom is -0.504 e. The summed E-state index contributed by atoms with van der Waals surface area (Å²) < 4.78 is 38.8. The number of rotatable bonds is 14. The Labute approximate surface area is 180 Å². The number of aryl methyl sites for hydroxylation is 1. The standard InChI is InChI=1S/C24H34O5S/c1-2-3-4-5-6-7-8-9-10-11-14-20-17-18-23(24(19-20)30(26,27)28)29-22-16-13-12-15-21(22)25/h12-13,15-19,25H,2-11,14H2,1H3,(H,26,27,28). The van der Waals surface area contributed by atoms with Gasteiger partial charge in [-0.1, -0.05) is 82.9 Å². The monoisotopic (exact) mass is 434 g/mol. The lowest BCUT2D eigenvalue weighted by molar-refractivity contribution is 0.402. The number of hydrogen-bond acceptors (Lipinski definition) is 4. The maximum absolute atomic E-state index is 11.8. The maximum Gasteiger partial charge on any atom is 0.298 e. The van der Waals surface area contributed by atoms with Gasteiger partial charge in [0.05, 0.1) is 0 Å². The van der Waals surface area contributed by atoms with E-state index >= 15 is 0 Å². The molecule has 6 heteroatoms. The summed E-state index contributed by atoms with van der Waals surface area (Å²) in [5.41, 5.74) is 0.840. The Morgan fingerprint density at radius 1 is 0.800 bits per heavy atom. The molecule has 0 aliphatic heterocycles. The topological polar surface area (TPSA) is 83.8 Å². The van der Waals surface area contributed by atoms with Gasteiger partial charge in [-0.3, -0.25) is 4.55 Å². The highest BCUT2D eigenvalue weighted by Crippen LogP contribution is 2.34. The van der Waals surface area contributed by atoms with Gasteiger partial charge < -0.3 is 9.84 Å². The van der Waals surface area contributed by atoms with Gasteiger partial charge in [0.25, 0.3) is 10.1 Å². The number of benzene rings is 2.